The van der Waals surface area contributed by atoms with Crippen LogP contribution < -0.4 is 5.73 Å². The number of hydrogen-bond acceptors (Lipinski definition) is 4. The summed E-state index contributed by atoms with van der Waals surface area (Å²) in [6.07, 6.45) is 2.71. The van der Waals surface area contributed by atoms with Crippen molar-refractivity contribution in [1.29, 1.82) is 0 Å². The normalized spacial score (nSPS) is 11.3. The predicted molar refractivity (Wildman–Crippen MR) is 79.6 cm³/mol. The summed E-state index contributed by atoms with van der Waals surface area (Å²) < 4.78 is 1.79. The summed E-state index contributed by atoms with van der Waals surface area (Å²) in [5, 5.41) is 4.47. The van der Waals surface area contributed by atoms with Crippen molar-refractivity contribution in [2.75, 3.05) is 5.73 Å². The molecular formula is C15H17N5. The van der Waals surface area contributed by atoms with Crippen LogP contribution in [0.3, 0.4) is 0 Å². The van der Waals surface area contributed by atoms with Gasteiger partial charge in [-0.05, 0) is 18.1 Å². The van der Waals surface area contributed by atoms with E-state index in [2.05, 4.69) is 28.9 Å². The predicted octanol–water partition coefficient (Wildman–Crippen LogP) is 2.60. The number of aromatic nitrogens is 4. The van der Waals surface area contributed by atoms with E-state index in [0.29, 0.717) is 17.3 Å². The van der Waals surface area contributed by atoms with Crippen LogP contribution in [0.15, 0.2) is 36.5 Å². The van der Waals surface area contributed by atoms with Crippen LogP contribution in [0.2, 0.25) is 0 Å². The number of fused-ring (bicyclic) bond motifs is 1. The van der Waals surface area contributed by atoms with Crippen molar-refractivity contribution in [1.82, 2.24) is 19.7 Å². The minimum absolute atomic E-state index is 0.445. The van der Waals surface area contributed by atoms with Gasteiger partial charge in [0.1, 0.15) is 11.3 Å². The van der Waals surface area contributed by atoms with Gasteiger partial charge in [0.15, 0.2) is 11.3 Å². The molecule has 3 aromatic rings. The first-order valence-corrected chi connectivity index (χ1v) is 6.70. The van der Waals surface area contributed by atoms with Gasteiger partial charge in [0.25, 0.3) is 0 Å². The van der Waals surface area contributed by atoms with Crippen LogP contribution in [0.5, 0.6) is 0 Å². The standard InChI is InChI=1S/C15H17N5/c1-10(2)8-13-17-12-9-20(11-6-4-3-5-7-11)19-14(12)15(16)18-13/h3-7,9-10H,8H2,1-2H3,(H2,16,17,18). The first-order valence-electron chi connectivity index (χ1n) is 6.70. The Labute approximate surface area is 117 Å². The Hall–Kier alpha value is -2.43. The van der Waals surface area contributed by atoms with E-state index in [4.69, 9.17) is 5.73 Å². The molecule has 0 saturated carbocycles. The van der Waals surface area contributed by atoms with Crippen molar-refractivity contribution in [3.05, 3.63) is 42.4 Å². The van der Waals surface area contributed by atoms with Crippen LogP contribution in [-0.2, 0) is 6.42 Å². The van der Waals surface area contributed by atoms with Crippen molar-refractivity contribution in [3.63, 3.8) is 0 Å². The van der Waals surface area contributed by atoms with Crippen LogP contribution in [0.25, 0.3) is 16.7 Å². The number of nitrogen functional groups attached to an aromatic ring is 1. The molecule has 0 aliphatic carbocycles. The molecule has 0 spiro atoms. The molecule has 5 nitrogen and oxygen atoms in total. The lowest BCUT2D eigenvalue weighted by Gasteiger charge is -2.03. The van der Waals surface area contributed by atoms with Crippen molar-refractivity contribution in [3.8, 4) is 5.69 Å². The van der Waals surface area contributed by atoms with E-state index in [1.54, 1.807) is 4.68 Å². The summed E-state index contributed by atoms with van der Waals surface area (Å²) in [6.45, 7) is 4.27. The smallest absolute Gasteiger partial charge is 0.155 e. The molecule has 0 aliphatic rings. The highest BCUT2D eigenvalue weighted by Crippen LogP contribution is 2.19. The molecule has 0 radical (unpaired) electrons. The Morgan fingerprint density at radius 3 is 2.60 bits per heavy atom. The quantitative estimate of drug-likeness (QED) is 0.792. The molecule has 0 bridgehead atoms. The minimum Gasteiger partial charge on any atom is -0.382 e. The zero-order chi connectivity index (χ0) is 14.1. The second-order valence-corrected chi connectivity index (χ2v) is 5.27. The summed E-state index contributed by atoms with van der Waals surface area (Å²) in [5.41, 5.74) is 8.42. The zero-order valence-electron chi connectivity index (χ0n) is 11.6. The van der Waals surface area contributed by atoms with Crippen molar-refractivity contribution >= 4 is 16.9 Å². The van der Waals surface area contributed by atoms with E-state index in [1.165, 1.54) is 0 Å². The van der Waals surface area contributed by atoms with Gasteiger partial charge in [0.05, 0.1) is 11.9 Å². The molecular weight excluding hydrogens is 250 g/mol. The molecule has 2 heterocycles. The minimum atomic E-state index is 0.445. The molecule has 2 aromatic heterocycles. The molecule has 2 N–H and O–H groups in total. The highest BCUT2D eigenvalue weighted by atomic mass is 15.3. The van der Waals surface area contributed by atoms with Crippen LogP contribution >= 0.6 is 0 Å². The Morgan fingerprint density at radius 1 is 1.15 bits per heavy atom. The Bertz CT molecular complexity index is 731. The lowest BCUT2D eigenvalue weighted by molar-refractivity contribution is 0.623. The lowest BCUT2D eigenvalue weighted by atomic mass is 10.1. The largest absolute Gasteiger partial charge is 0.382 e. The molecule has 0 unspecified atom stereocenters. The molecule has 102 valence electrons. The average molecular weight is 267 g/mol. The average Bonchev–Trinajstić information content (AvgIpc) is 2.83. The SMILES string of the molecule is CC(C)Cc1nc(N)c2nn(-c3ccccc3)cc2n1. The van der Waals surface area contributed by atoms with E-state index >= 15 is 0 Å². The molecule has 0 atom stereocenters. The maximum atomic E-state index is 6.00. The second-order valence-electron chi connectivity index (χ2n) is 5.27. The lowest BCUT2D eigenvalue weighted by Crippen LogP contribution is -2.04. The van der Waals surface area contributed by atoms with Gasteiger partial charge in [0, 0.05) is 6.42 Å². The molecule has 0 saturated heterocycles. The number of benzene rings is 1. The van der Waals surface area contributed by atoms with Gasteiger partial charge < -0.3 is 5.73 Å². The van der Waals surface area contributed by atoms with E-state index in [-0.39, 0.29) is 0 Å². The van der Waals surface area contributed by atoms with Gasteiger partial charge >= 0.3 is 0 Å². The number of anilines is 1. The van der Waals surface area contributed by atoms with Crippen LogP contribution in [0.4, 0.5) is 5.82 Å². The molecule has 1 aromatic carbocycles. The van der Waals surface area contributed by atoms with Crippen molar-refractivity contribution in [2.24, 2.45) is 5.92 Å². The van der Waals surface area contributed by atoms with Gasteiger partial charge in [-0.25, -0.2) is 14.6 Å². The van der Waals surface area contributed by atoms with Crippen molar-refractivity contribution < 1.29 is 0 Å². The Kier molecular flexibility index (Phi) is 3.10. The number of para-hydroxylation sites is 1. The summed E-state index contributed by atoms with van der Waals surface area (Å²) in [6, 6.07) is 9.90. The second kappa shape index (κ2) is 4.92. The fourth-order valence-corrected chi connectivity index (χ4v) is 2.15. The first-order chi connectivity index (χ1) is 9.63. The summed E-state index contributed by atoms with van der Waals surface area (Å²) in [4.78, 5) is 8.89. The molecule has 0 aliphatic heterocycles. The maximum absolute atomic E-state index is 6.00. The number of rotatable bonds is 3. The fraction of sp³-hybridized carbons (Fsp3) is 0.267. The topological polar surface area (TPSA) is 69.6 Å². The number of nitrogens with zero attached hydrogens (tertiary/aromatic N) is 4. The summed E-state index contributed by atoms with van der Waals surface area (Å²) in [7, 11) is 0. The van der Waals surface area contributed by atoms with E-state index in [9.17, 15) is 0 Å². The Balaban J connectivity index is 2.09. The molecule has 3 rings (SSSR count). The fourth-order valence-electron chi connectivity index (χ4n) is 2.15. The van der Waals surface area contributed by atoms with Crippen LogP contribution in [0.1, 0.15) is 19.7 Å². The molecule has 5 heteroatoms. The van der Waals surface area contributed by atoms with Crippen LogP contribution in [0, 0.1) is 5.92 Å². The highest BCUT2D eigenvalue weighted by Gasteiger charge is 2.11. The molecule has 20 heavy (non-hydrogen) atoms. The summed E-state index contributed by atoms with van der Waals surface area (Å²) >= 11 is 0. The third-order valence-electron chi connectivity index (χ3n) is 3.05. The third kappa shape index (κ3) is 2.34. The highest BCUT2D eigenvalue weighted by molar-refractivity contribution is 5.83. The third-order valence-corrected chi connectivity index (χ3v) is 3.05. The van der Waals surface area contributed by atoms with Gasteiger partial charge in [0.2, 0.25) is 0 Å². The first kappa shape index (κ1) is 12.6. The van der Waals surface area contributed by atoms with Gasteiger partial charge in [-0.3, -0.25) is 0 Å². The Morgan fingerprint density at radius 2 is 1.90 bits per heavy atom. The maximum Gasteiger partial charge on any atom is 0.155 e. The number of hydrogen-bond donors (Lipinski definition) is 1. The van der Waals surface area contributed by atoms with E-state index < -0.39 is 0 Å². The monoisotopic (exact) mass is 267 g/mol. The van der Waals surface area contributed by atoms with Crippen LogP contribution in [-0.4, -0.2) is 19.7 Å². The zero-order valence-corrected chi connectivity index (χ0v) is 11.6. The summed E-state index contributed by atoms with van der Waals surface area (Å²) in [5.74, 6) is 1.72. The van der Waals surface area contributed by atoms with E-state index in [0.717, 1.165) is 23.4 Å². The van der Waals surface area contributed by atoms with Gasteiger partial charge in [-0.2, -0.15) is 5.10 Å². The van der Waals surface area contributed by atoms with Gasteiger partial charge in [-0.15, -0.1) is 0 Å². The molecule has 0 fully saturated rings. The van der Waals surface area contributed by atoms with Gasteiger partial charge in [-0.1, -0.05) is 32.0 Å². The molecule has 0 amide bonds. The van der Waals surface area contributed by atoms with Crippen molar-refractivity contribution in [2.45, 2.75) is 20.3 Å². The van der Waals surface area contributed by atoms with E-state index in [1.807, 2.05) is 36.5 Å². The number of nitrogens with two attached hydrogens (primary N) is 1.